The van der Waals surface area contributed by atoms with Crippen LogP contribution in [0.25, 0.3) is 0 Å². The molecule has 0 unspecified atom stereocenters. The summed E-state index contributed by atoms with van der Waals surface area (Å²) in [4.78, 5) is 20.9. The first-order valence-corrected chi connectivity index (χ1v) is 9.36. The van der Waals surface area contributed by atoms with Crippen molar-refractivity contribution < 1.29 is 14.3 Å². The van der Waals surface area contributed by atoms with E-state index in [0.29, 0.717) is 40.2 Å². The van der Waals surface area contributed by atoms with Gasteiger partial charge in [-0.05, 0) is 32.0 Å². The Labute approximate surface area is 161 Å². The number of thioether (sulfide) groups is 1. The third-order valence-corrected chi connectivity index (χ3v) is 4.30. The smallest absolute Gasteiger partial charge is 0.257 e. The van der Waals surface area contributed by atoms with E-state index in [1.165, 1.54) is 18.0 Å². The highest BCUT2D eigenvalue weighted by Crippen LogP contribution is 2.27. The van der Waals surface area contributed by atoms with Crippen LogP contribution in [0.5, 0.6) is 17.4 Å². The molecule has 0 fully saturated rings. The summed E-state index contributed by atoms with van der Waals surface area (Å²) in [5.74, 6) is 1.83. The third-order valence-electron chi connectivity index (χ3n) is 3.41. The third kappa shape index (κ3) is 5.21. The Morgan fingerprint density at radius 3 is 2.74 bits per heavy atom. The van der Waals surface area contributed by atoms with Gasteiger partial charge in [0.25, 0.3) is 5.91 Å². The Morgan fingerprint density at radius 1 is 1.30 bits per heavy atom. The fourth-order valence-electron chi connectivity index (χ4n) is 2.31. The second-order valence-electron chi connectivity index (χ2n) is 5.95. The van der Waals surface area contributed by atoms with Gasteiger partial charge in [0.05, 0.1) is 18.2 Å². The van der Waals surface area contributed by atoms with Gasteiger partial charge < -0.3 is 14.8 Å². The van der Waals surface area contributed by atoms with Gasteiger partial charge in [0.2, 0.25) is 5.88 Å². The number of carbonyl (C=O) groups excluding carboxylic acids is 1. The van der Waals surface area contributed by atoms with Gasteiger partial charge in [-0.1, -0.05) is 11.8 Å². The zero-order valence-corrected chi connectivity index (χ0v) is 15.7. The number of hydrogen-bond donors (Lipinski definition) is 1. The SMILES string of the molecule is CC(C)Oc1cc(Oc2ccc(C#N)cn2)cc(C(=O)NC2=NCCS2)c1. The maximum absolute atomic E-state index is 12.6. The molecule has 2 aromatic rings. The molecule has 0 atom stereocenters. The minimum atomic E-state index is -0.282. The molecule has 1 aliphatic rings. The summed E-state index contributed by atoms with van der Waals surface area (Å²) in [5.41, 5.74) is 0.834. The normalized spacial score (nSPS) is 13.0. The lowest BCUT2D eigenvalue weighted by Crippen LogP contribution is -2.27. The van der Waals surface area contributed by atoms with Crippen LogP contribution in [-0.4, -0.2) is 34.5 Å². The molecule has 138 valence electrons. The molecule has 1 aromatic carbocycles. The molecule has 0 aliphatic carbocycles. The molecule has 2 heterocycles. The quantitative estimate of drug-likeness (QED) is 0.852. The van der Waals surface area contributed by atoms with Crippen molar-refractivity contribution in [2.24, 2.45) is 4.99 Å². The monoisotopic (exact) mass is 382 g/mol. The van der Waals surface area contributed by atoms with E-state index in [2.05, 4.69) is 15.3 Å². The van der Waals surface area contributed by atoms with Crippen LogP contribution in [0.1, 0.15) is 29.8 Å². The largest absolute Gasteiger partial charge is 0.491 e. The number of nitrogens with zero attached hydrogens (tertiary/aromatic N) is 3. The molecule has 0 bridgehead atoms. The lowest BCUT2D eigenvalue weighted by Gasteiger charge is -2.14. The molecular formula is C19H18N4O3S. The minimum Gasteiger partial charge on any atom is -0.491 e. The van der Waals surface area contributed by atoms with Gasteiger partial charge in [-0.3, -0.25) is 9.79 Å². The van der Waals surface area contributed by atoms with E-state index in [0.717, 1.165) is 5.75 Å². The molecule has 7 nitrogen and oxygen atoms in total. The molecule has 0 saturated heterocycles. The van der Waals surface area contributed by atoms with Gasteiger partial charge in [-0.25, -0.2) is 4.98 Å². The summed E-state index contributed by atoms with van der Waals surface area (Å²) in [6, 6.07) is 10.2. The van der Waals surface area contributed by atoms with Gasteiger partial charge in [0.1, 0.15) is 17.6 Å². The molecule has 0 saturated carbocycles. The van der Waals surface area contributed by atoms with Gasteiger partial charge >= 0.3 is 0 Å². The summed E-state index contributed by atoms with van der Waals surface area (Å²) in [6.07, 6.45) is 1.37. The number of hydrogen-bond acceptors (Lipinski definition) is 7. The van der Waals surface area contributed by atoms with Gasteiger partial charge in [0.15, 0.2) is 5.17 Å². The Bertz CT molecular complexity index is 904. The summed E-state index contributed by atoms with van der Waals surface area (Å²) in [7, 11) is 0. The first-order chi connectivity index (χ1) is 13.0. The number of aromatic nitrogens is 1. The van der Waals surface area contributed by atoms with Crippen LogP contribution < -0.4 is 14.8 Å². The first-order valence-electron chi connectivity index (χ1n) is 8.38. The molecule has 1 amide bonds. The molecule has 1 aliphatic heterocycles. The predicted octanol–water partition coefficient (Wildman–Crippen LogP) is 3.37. The van der Waals surface area contributed by atoms with Crippen molar-refractivity contribution >= 4 is 22.8 Å². The molecule has 1 aromatic heterocycles. The number of amidine groups is 1. The predicted molar refractivity (Wildman–Crippen MR) is 103 cm³/mol. The average Bonchev–Trinajstić information content (AvgIpc) is 3.14. The van der Waals surface area contributed by atoms with Gasteiger partial charge in [0, 0.05) is 29.6 Å². The fraction of sp³-hybridized carbons (Fsp3) is 0.263. The lowest BCUT2D eigenvalue weighted by atomic mass is 10.2. The van der Waals surface area contributed by atoms with E-state index in [9.17, 15) is 4.79 Å². The number of aliphatic imine (C=N–C) groups is 1. The number of nitrogens with one attached hydrogen (secondary N) is 1. The lowest BCUT2D eigenvalue weighted by molar-refractivity contribution is 0.0977. The highest BCUT2D eigenvalue weighted by atomic mass is 32.2. The Morgan fingerprint density at radius 2 is 2.11 bits per heavy atom. The van der Waals surface area contributed by atoms with Crippen LogP contribution in [0, 0.1) is 11.3 Å². The minimum absolute atomic E-state index is 0.0565. The second-order valence-corrected chi connectivity index (χ2v) is 7.03. The van der Waals surface area contributed by atoms with Crippen LogP contribution >= 0.6 is 11.8 Å². The molecular weight excluding hydrogens is 364 g/mol. The van der Waals surface area contributed by atoms with E-state index in [1.54, 1.807) is 30.3 Å². The topological polar surface area (TPSA) is 96.6 Å². The zero-order valence-electron chi connectivity index (χ0n) is 14.9. The number of amides is 1. The summed E-state index contributed by atoms with van der Waals surface area (Å²) in [5, 5.41) is 12.3. The molecule has 27 heavy (non-hydrogen) atoms. The summed E-state index contributed by atoms with van der Waals surface area (Å²) < 4.78 is 11.5. The molecule has 1 N–H and O–H groups in total. The van der Waals surface area contributed by atoms with Crippen molar-refractivity contribution in [2.75, 3.05) is 12.3 Å². The van der Waals surface area contributed by atoms with E-state index >= 15 is 0 Å². The standard InChI is InChI=1S/C19H18N4O3S/c1-12(2)25-15-7-14(18(24)23-19-21-5-6-27-19)8-16(9-15)26-17-4-3-13(10-20)11-22-17/h3-4,7-9,11-12H,5-6H2,1-2H3,(H,21,23,24). The number of nitriles is 1. The second kappa shape index (κ2) is 8.56. The summed E-state index contributed by atoms with van der Waals surface area (Å²) in [6.45, 7) is 4.51. The number of pyridine rings is 1. The Hall–Kier alpha value is -3.05. The average molecular weight is 382 g/mol. The van der Waals surface area contributed by atoms with Crippen LogP contribution in [-0.2, 0) is 0 Å². The summed E-state index contributed by atoms with van der Waals surface area (Å²) >= 11 is 1.51. The van der Waals surface area contributed by atoms with Crippen LogP contribution in [0.4, 0.5) is 0 Å². The van der Waals surface area contributed by atoms with Gasteiger partial charge in [-0.2, -0.15) is 5.26 Å². The Kier molecular flexibility index (Phi) is 5.94. The number of ether oxygens (including phenoxy) is 2. The highest BCUT2D eigenvalue weighted by molar-refractivity contribution is 8.14. The van der Waals surface area contributed by atoms with E-state index in [4.69, 9.17) is 14.7 Å². The maximum atomic E-state index is 12.6. The zero-order chi connectivity index (χ0) is 19.2. The van der Waals surface area contributed by atoms with Gasteiger partial charge in [-0.15, -0.1) is 0 Å². The number of rotatable bonds is 5. The van der Waals surface area contributed by atoms with Crippen molar-refractivity contribution in [1.82, 2.24) is 10.3 Å². The van der Waals surface area contributed by atoms with Crippen molar-refractivity contribution in [1.29, 1.82) is 5.26 Å². The van der Waals surface area contributed by atoms with E-state index < -0.39 is 0 Å². The molecule has 8 heteroatoms. The van der Waals surface area contributed by atoms with Crippen molar-refractivity contribution in [3.63, 3.8) is 0 Å². The van der Waals surface area contributed by atoms with Crippen molar-refractivity contribution in [3.05, 3.63) is 47.7 Å². The Balaban J connectivity index is 1.84. The fourth-order valence-corrected chi connectivity index (χ4v) is 3.03. The van der Waals surface area contributed by atoms with Crippen LogP contribution in [0.2, 0.25) is 0 Å². The maximum Gasteiger partial charge on any atom is 0.257 e. The highest BCUT2D eigenvalue weighted by Gasteiger charge is 2.16. The van der Waals surface area contributed by atoms with Crippen LogP contribution in [0.3, 0.4) is 0 Å². The molecule has 0 radical (unpaired) electrons. The molecule has 0 spiro atoms. The van der Waals surface area contributed by atoms with Crippen molar-refractivity contribution in [3.8, 4) is 23.4 Å². The molecule has 3 rings (SSSR count). The number of carbonyl (C=O) groups is 1. The van der Waals surface area contributed by atoms with Crippen molar-refractivity contribution in [2.45, 2.75) is 20.0 Å². The number of benzene rings is 1. The van der Waals surface area contributed by atoms with E-state index in [1.807, 2.05) is 19.9 Å². The van der Waals surface area contributed by atoms with E-state index in [-0.39, 0.29) is 12.0 Å². The van der Waals surface area contributed by atoms with Crippen LogP contribution in [0.15, 0.2) is 41.5 Å². The first kappa shape index (κ1) is 18.7.